The van der Waals surface area contributed by atoms with Crippen LogP contribution in [0.5, 0.6) is 0 Å². The van der Waals surface area contributed by atoms with Gasteiger partial charge in [0.05, 0.1) is 0 Å². The molecule has 0 aromatic rings. The molecule has 0 bridgehead atoms. The van der Waals surface area contributed by atoms with Gasteiger partial charge < -0.3 is 15.0 Å². The van der Waals surface area contributed by atoms with Gasteiger partial charge in [0.2, 0.25) is 0 Å². The van der Waals surface area contributed by atoms with Crippen molar-refractivity contribution >= 4 is 116 Å². The summed E-state index contributed by atoms with van der Waals surface area (Å²) in [6.45, 7) is 0. The second-order valence-electron chi connectivity index (χ2n) is 1.01. The largest absolute Gasteiger partial charge is 1.00 e. The van der Waals surface area contributed by atoms with E-state index in [-0.39, 0.29) is 144 Å². The number of rotatable bonds is 0. The van der Waals surface area contributed by atoms with Crippen LogP contribution in [0, 0.1) is 0 Å². The molecular weight excluding hydrogens is 781 g/mol. The molecule has 0 aromatic heterocycles. The minimum Gasteiger partial charge on any atom is -0.652 e. The maximum absolute atomic E-state index is 8.33. The van der Waals surface area contributed by atoms with Gasteiger partial charge in [-0.25, -0.2) is 0 Å². The van der Waals surface area contributed by atoms with E-state index < -0.39 is 13.7 Å². The van der Waals surface area contributed by atoms with Crippen molar-refractivity contribution in [1.29, 1.82) is 0 Å². The van der Waals surface area contributed by atoms with Crippen LogP contribution in [0.1, 0.15) is 0 Å². The van der Waals surface area contributed by atoms with E-state index in [1.54, 1.807) is 0 Å². The number of carbonyl (C=O) groups excluding carboxylic acids is 3. The van der Waals surface area contributed by atoms with E-state index in [0.717, 1.165) is 0 Å². The number of hydrogen-bond acceptors (Lipinski definition) is 5. The Morgan fingerprint density at radius 2 is 1.00 bits per heavy atom. The maximum Gasteiger partial charge on any atom is 1.00 e. The monoisotopic (exact) mass is 782 g/mol. The van der Waals surface area contributed by atoms with Crippen LogP contribution < -0.4 is 148 Å². The van der Waals surface area contributed by atoms with Gasteiger partial charge in [0.15, 0.2) is 4.30 Å². The summed E-state index contributed by atoms with van der Waals surface area (Å²) in [6.07, 6.45) is -2.08. The second-order valence-corrected chi connectivity index (χ2v) is 6.42. The molecule has 0 rings (SSSR count). The molecule has 15 heteroatoms. The Morgan fingerprint density at radius 3 is 1.00 bits per heavy atom. The van der Waals surface area contributed by atoms with E-state index in [1.165, 1.54) is 0 Å². The summed E-state index contributed by atoms with van der Waals surface area (Å²) in [4.78, 5) is 26.6. The normalized spacial score (nSPS) is 6.70. The van der Waals surface area contributed by atoms with Crippen molar-refractivity contribution < 1.29 is 162 Å². The zero-order valence-corrected chi connectivity index (χ0v) is 30.2. The quantitative estimate of drug-likeness (QED) is 0.189. The van der Waals surface area contributed by atoms with E-state index in [1.807, 2.05) is 4.93 Å². The molecule has 0 aliphatic rings. The topological polar surface area (TPSA) is 97.3 Å². The van der Waals surface area contributed by atoms with E-state index in [9.17, 15) is 0 Å². The van der Waals surface area contributed by atoms with Crippen molar-refractivity contribution in [3.8, 4) is 0 Å². The molecule has 0 saturated heterocycles. The van der Waals surface area contributed by atoms with Crippen LogP contribution in [0.25, 0.3) is 0 Å². The van der Waals surface area contributed by atoms with Crippen molar-refractivity contribution in [3.05, 3.63) is 0 Å². The van der Waals surface area contributed by atoms with Crippen molar-refractivity contribution in [1.82, 2.24) is 0 Å². The van der Waals surface area contributed by atoms with Crippen LogP contribution >= 0.6 is 104 Å². The molecule has 0 aliphatic heterocycles. The summed E-state index contributed by atoms with van der Waals surface area (Å²) in [5, 5.41) is 16.7. The average Bonchev–Trinajstić information content (AvgIpc) is 2.02. The van der Waals surface area contributed by atoms with Gasteiger partial charge in [0.25, 0.3) is 3.25 Å². The molecule has 0 atom stereocenters. The summed E-state index contributed by atoms with van der Waals surface area (Å²) < 4.78 is -2.36. The molecule has 0 unspecified atom stereocenters. The Balaban J connectivity index is -0.0000000212. The number of carboxylic acid groups (broad SMARTS) is 2. The Bertz CT molecular complexity index is 188. The third-order valence-electron chi connectivity index (χ3n) is 0. The van der Waals surface area contributed by atoms with Gasteiger partial charge in [-0.05, 0) is 11.1 Å². The van der Waals surface area contributed by atoms with Crippen LogP contribution in [0.3, 0.4) is 0 Å². The Kier molecular flexibility index (Phi) is 88.4. The molecule has 0 amide bonds. The Hall–Kier alpha value is 5.51. The summed E-state index contributed by atoms with van der Waals surface area (Å²) in [5.41, 5.74) is 0. The molecule has 0 heterocycles. The van der Waals surface area contributed by atoms with Crippen LogP contribution in [0.4, 0.5) is 4.79 Å². The van der Waals surface area contributed by atoms with Gasteiger partial charge in [-0.3, -0.25) is 0 Å². The van der Waals surface area contributed by atoms with Gasteiger partial charge >= 0.3 is 144 Å². The predicted molar refractivity (Wildman–Crippen MR) is 77.8 cm³/mol. The molecule has 0 radical (unpaired) electrons. The molecule has 0 saturated carbocycles. The number of hydrogen-bond donors (Lipinski definition) is 0. The fourth-order valence-electron chi connectivity index (χ4n) is 0. The third-order valence-corrected chi connectivity index (χ3v) is 0. The van der Waals surface area contributed by atoms with E-state index in [4.69, 9.17) is 106 Å². The van der Waals surface area contributed by atoms with Gasteiger partial charge in [0.1, 0.15) is 0 Å². The molecule has 20 heavy (non-hydrogen) atoms. The summed E-state index contributed by atoms with van der Waals surface area (Å²) >= 11 is 35.9. The molecule has 0 aliphatic carbocycles. The van der Waals surface area contributed by atoms with Crippen molar-refractivity contribution in [3.63, 3.8) is 0 Å². The SMILES string of the molecule is CI.ClC(Cl)(Cl)Cl.ClC(Cl)Cl.O=C([O-])[O-].O=C=O.[Cs+].[Cs+]. The fraction of sp³-hybridized carbons (Fsp3) is 0.600. The van der Waals surface area contributed by atoms with Crippen molar-refractivity contribution in [2.24, 2.45) is 0 Å². The molecule has 5 nitrogen and oxygen atoms in total. The van der Waals surface area contributed by atoms with Crippen molar-refractivity contribution in [2.75, 3.05) is 4.93 Å². The van der Waals surface area contributed by atoms with Crippen LogP contribution in [-0.4, -0.2) is 24.8 Å². The number of halogens is 8. The summed E-state index contributed by atoms with van der Waals surface area (Å²) in [7, 11) is 0. The summed E-state index contributed by atoms with van der Waals surface area (Å²) in [6, 6.07) is 0. The molecule has 0 fully saturated rings. The number of carbonyl (C=O) groups is 1. The van der Waals surface area contributed by atoms with Crippen LogP contribution in [0.2, 0.25) is 0 Å². The smallest absolute Gasteiger partial charge is 0.652 e. The van der Waals surface area contributed by atoms with Gasteiger partial charge in [-0.1, -0.05) is 104 Å². The Morgan fingerprint density at radius 1 is 1.00 bits per heavy atom. The second kappa shape index (κ2) is 39.5. The van der Waals surface area contributed by atoms with E-state index in [0.29, 0.717) is 0 Å². The van der Waals surface area contributed by atoms with E-state index in [2.05, 4.69) is 22.6 Å². The zero-order valence-electron chi connectivity index (χ0n) is 10.1. The number of alkyl halides is 8. The van der Waals surface area contributed by atoms with Crippen LogP contribution in [0.15, 0.2) is 0 Å². The fourth-order valence-corrected chi connectivity index (χ4v) is 0. The van der Waals surface area contributed by atoms with Crippen LogP contribution in [-0.2, 0) is 9.59 Å². The average molecular weight is 785 g/mol. The molecule has 0 N–H and O–H groups in total. The molecule has 112 valence electrons. The predicted octanol–water partition coefficient (Wildman–Crippen LogP) is -3.43. The standard InChI is InChI=1S/CCl4.CHCl3.CH3I.CH2O3.CO2.2Cs/c2-1(3,4)5;2-1(3)4;1-2;2-1(3)4;2-1-3;;/h;1H;1H3;(H2,2,3,4);;;/q;;;;;2*+1/p-2. The van der Waals surface area contributed by atoms with Crippen molar-refractivity contribution in [2.45, 2.75) is 7.55 Å². The molecular formula is C5H4Cl7Cs2IO5. The minimum atomic E-state index is -2.33. The van der Waals surface area contributed by atoms with Gasteiger partial charge in [-0.15, -0.1) is 0 Å². The first-order chi connectivity index (χ1) is 7.88. The Labute approximate surface area is 282 Å². The first-order valence-electron chi connectivity index (χ1n) is 2.81. The van der Waals surface area contributed by atoms with E-state index >= 15 is 0 Å². The first-order valence-corrected chi connectivity index (χ1v) is 7.79. The van der Waals surface area contributed by atoms with Gasteiger partial charge in [-0.2, -0.15) is 9.59 Å². The molecule has 0 spiro atoms. The minimum absolute atomic E-state index is 0. The van der Waals surface area contributed by atoms with Gasteiger partial charge in [0, 0.05) is 0 Å². The molecule has 0 aromatic carbocycles. The summed E-state index contributed by atoms with van der Waals surface area (Å²) in [5.74, 6) is 0. The first kappa shape index (κ1) is 44.7. The zero-order chi connectivity index (χ0) is 16.4. The third kappa shape index (κ3) is 392. The maximum atomic E-state index is 8.33.